The van der Waals surface area contributed by atoms with E-state index < -0.39 is 0 Å². The van der Waals surface area contributed by atoms with Crippen molar-refractivity contribution in [2.24, 2.45) is 11.7 Å². The number of nitrogens with one attached hydrogen (secondary N) is 1. The third-order valence-electron chi connectivity index (χ3n) is 3.04. The first-order chi connectivity index (χ1) is 6.29. The molecule has 3 N–H and O–H groups in total. The van der Waals surface area contributed by atoms with Crippen LogP contribution in [0.4, 0.5) is 0 Å². The molecule has 0 amide bonds. The Morgan fingerprint density at radius 1 is 1.31 bits per heavy atom. The van der Waals surface area contributed by atoms with Crippen LogP contribution >= 0.6 is 0 Å². The summed E-state index contributed by atoms with van der Waals surface area (Å²) in [7, 11) is 0. The first-order valence-electron chi connectivity index (χ1n) is 5.47. The quantitative estimate of drug-likeness (QED) is 0.601. The molecule has 1 aliphatic heterocycles. The fourth-order valence-electron chi connectivity index (χ4n) is 2.28. The van der Waals surface area contributed by atoms with Crippen LogP contribution in [0.25, 0.3) is 0 Å². The fraction of sp³-hybridized carbons (Fsp3) is 0.818. The maximum Gasteiger partial charge on any atom is 0.0184 e. The smallest absolute Gasteiger partial charge is 0.0184 e. The number of hydrogen-bond donors (Lipinski definition) is 2. The molecule has 2 nitrogen and oxygen atoms in total. The van der Waals surface area contributed by atoms with E-state index in [2.05, 4.69) is 12.2 Å². The van der Waals surface area contributed by atoms with Crippen molar-refractivity contribution in [3.8, 4) is 0 Å². The van der Waals surface area contributed by atoms with Gasteiger partial charge in [-0.15, -0.1) is 0 Å². The third-order valence-corrected chi connectivity index (χ3v) is 3.04. The van der Waals surface area contributed by atoms with Crippen LogP contribution in [0, 0.1) is 5.92 Å². The van der Waals surface area contributed by atoms with Gasteiger partial charge in [-0.05, 0) is 25.3 Å². The van der Waals surface area contributed by atoms with Crippen LogP contribution in [0.1, 0.15) is 40.0 Å². The second kappa shape index (κ2) is 4.66. The molecule has 2 aliphatic rings. The molecule has 1 saturated carbocycles. The van der Waals surface area contributed by atoms with Gasteiger partial charge in [-0.3, -0.25) is 0 Å². The topological polar surface area (TPSA) is 38.0 Å². The summed E-state index contributed by atoms with van der Waals surface area (Å²) in [6, 6.07) is 0.693. The van der Waals surface area contributed by atoms with E-state index in [9.17, 15) is 0 Å². The molecule has 0 aromatic carbocycles. The van der Waals surface area contributed by atoms with Crippen molar-refractivity contribution in [2.45, 2.75) is 46.1 Å². The number of rotatable bonds is 0. The molecule has 1 heterocycles. The van der Waals surface area contributed by atoms with Crippen molar-refractivity contribution in [2.75, 3.05) is 6.54 Å². The van der Waals surface area contributed by atoms with Crippen LogP contribution in [0.5, 0.6) is 0 Å². The Bertz CT molecular complexity index is 196. The van der Waals surface area contributed by atoms with Gasteiger partial charge in [0.05, 0.1) is 0 Å². The molecular formula is C11H22N2. The van der Waals surface area contributed by atoms with Gasteiger partial charge in [0.15, 0.2) is 0 Å². The highest BCUT2D eigenvalue weighted by molar-refractivity contribution is 5.20. The lowest BCUT2D eigenvalue weighted by Gasteiger charge is -2.28. The van der Waals surface area contributed by atoms with E-state index in [-0.39, 0.29) is 0 Å². The van der Waals surface area contributed by atoms with Gasteiger partial charge in [0.1, 0.15) is 0 Å². The normalized spacial score (nSPS) is 32.2. The average Bonchev–Trinajstić information content (AvgIpc) is 2.63. The SMILES string of the molecule is CC.CC1=C(N)C2CCCC2NC1. The van der Waals surface area contributed by atoms with E-state index >= 15 is 0 Å². The molecule has 1 fully saturated rings. The second-order valence-corrected chi connectivity index (χ2v) is 3.76. The van der Waals surface area contributed by atoms with E-state index in [1.54, 1.807) is 0 Å². The van der Waals surface area contributed by atoms with E-state index in [1.165, 1.54) is 30.5 Å². The van der Waals surface area contributed by atoms with Crippen LogP contribution in [-0.4, -0.2) is 12.6 Å². The molecule has 1 aliphatic carbocycles. The summed E-state index contributed by atoms with van der Waals surface area (Å²) in [6.45, 7) is 7.14. The molecular weight excluding hydrogens is 160 g/mol. The fourth-order valence-corrected chi connectivity index (χ4v) is 2.28. The highest BCUT2D eigenvalue weighted by Crippen LogP contribution is 2.33. The van der Waals surface area contributed by atoms with E-state index in [0.29, 0.717) is 12.0 Å². The summed E-state index contributed by atoms with van der Waals surface area (Å²) in [5, 5.41) is 3.52. The first kappa shape index (κ1) is 10.6. The summed E-state index contributed by atoms with van der Waals surface area (Å²) >= 11 is 0. The lowest BCUT2D eigenvalue weighted by molar-refractivity contribution is 0.426. The van der Waals surface area contributed by atoms with Gasteiger partial charge >= 0.3 is 0 Å². The molecule has 2 heteroatoms. The lowest BCUT2D eigenvalue weighted by Crippen LogP contribution is -2.41. The van der Waals surface area contributed by atoms with Gasteiger partial charge < -0.3 is 11.1 Å². The number of hydrogen-bond acceptors (Lipinski definition) is 2. The molecule has 2 rings (SSSR count). The minimum Gasteiger partial charge on any atom is -0.402 e. The predicted octanol–water partition coefficient (Wildman–Crippen LogP) is 2.02. The minimum absolute atomic E-state index is 0.656. The van der Waals surface area contributed by atoms with Gasteiger partial charge in [0.2, 0.25) is 0 Å². The molecule has 76 valence electrons. The van der Waals surface area contributed by atoms with Gasteiger partial charge in [-0.1, -0.05) is 20.3 Å². The summed E-state index contributed by atoms with van der Waals surface area (Å²) in [4.78, 5) is 0. The highest BCUT2D eigenvalue weighted by Gasteiger charge is 2.32. The van der Waals surface area contributed by atoms with Crippen LogP contribution in [0.15, 0.2) is 11.3 Å². The van der Waals surface area contributed by atoms with Gasteiger partial charge in [-0.2, -0.15) is 0 Å². The van der Waals surface area contributed by atoms with Crippen molar-refractivity contribution >= 4 is 0 Å². The Balaban J connectivity index is 0.000000396. The number of fused-ring (bicyclic) bond motifs is 1. The Kier molecular flexibility index (Phi) is 3.79. The Labute approximate surface area is 81.6 Å². The summed E-state index contributed by atoms with van der Waals surface area (Å²) in [6.07, 6.45) is 3.95. The summed E-state index contributed by atoms with van der Waals surface area (Å²) in [5.41, 5.74) is 8.53. The monoisotopic (exact) mass is 182 g/mol. The first-order valence-corrected chi connectivity index (χ1v) is 5.47. The Morgan fingerprint density at radius 2 is 2.00 bits per heavy atom. The minimum atomic E-state index is 0.656. The van der Waals surface area contributed by atoms with Crippen molar-refractivity contribution in [3.05, 3.63) is 11.3 Å². The maximum absolute atomic E-state index is 6.00. The molecule has 0 spiro atoms. The largest absolute Gasteiger partial charge is 0.402 e. The molecule has 13 heavy (non-hydrogen) atoms. The number of nitrogens with two attached hydrogens (primary N) is 1. The lowest BCUT2D eigenvalue weighted by atomic mass is 9.93. The van der Waals surface area contributed by atoms with E-state index in [0.717, 1.165) is 6.54 Å². The molecule has 0 aromatic rings. The van der Waals surface area contributed by atoms with Crippen molar-refractivity contribution in [1.29, 1.82) is 0 Å². The predicted molar refractivity (Wildman–Crippen MR) is 57.4 cm³/mol. The van der Waals surface area contributed by atoms with Crippen LogP contribution in [-0.2, 0) is 0 Å². The molecule has 0 aromatic heterocycles. The van der Waals surface area contributed by atoms with Crippen LogP contribution < -0.4 is 11.1 Å². The summed E-state index contributed by atoms with van der Waals surface area (Å²) < 4.78 is 0. The molecule has 0 saturated heterocycles. The Hall–Kier alpha value is -0.500. The molecule has 2 unspecified atom stereocenters. The van der Waals surface area contributed by atoms with Gasteiger partial charge in [-0.25, -0.2) is 0 Å². The van der Waals surface area contributed by atoms with Gasteiger partial charge in [0, 0.05) is 24.2 Å². The summed E-state index contributed by atoms with van der Waals surface area (Å²) in [5.74, 6) is 0.656. The maximum atomic E-state index is 6.00. The zero-order valence-corrected chi connectivity index (χ0v) is 9.06. The van der Waals surface area contributed by atoms with Gasteiger partial charge in [0.25, 0.3) is 0 Å². The van der Waals surface area contributed by atoms with Crippen molar-refractivity contribution in [3.63, 3.8) is 0 Å². The van der Waals surface area contributed by atoms with Crippen molar-refractivity contribution in [1.82, 2.24) is 5.32 Å². The van der Waals surface area contributed by atoms with Crippen LogP contribution in [0.3, 0.4) is 0 Å². The molecule has 0 radical (unpaired) electrons. The molecule has 2 atom stereocenters. The highest BCUT2D eigenvalue weighted by atomic mass is 15.0. The van der Waals surface area contributed by atoms with Crippen molar-refractivity contribution < 1.29 is 0 Å². The molecule has 0 bridgehead atoms. The third kappa shape index (κ3) is 2.05. The van der Waals surface area contributed by atoms with Crippen LogP contribution in [0.2, 0.25) is 0 Å². The Morgan fingerprint density at radius 3 is 2.69 bits per heavy atom. The zero-order valence-electron chi connectivity index (χ0n) is 9.06. The second-order valence-electron chi connectivity index (χ2n) is 3.76. The average molecular weight is 182 g/mol. The zero-order chi connectivity index (χ0) is 9.84. The standard InChI is InChI=1S/C9H16N2.C2H6/c1-6-5-11-8-4-2-3-7(8)9(6)10;1-2/h7-8,11H,2-5,10H2,1H3;1-2H3. The van der Waals surface area contributed by atoms with E-state index in [4.69, 9.17) is 5.73 Å². The van der Waals surface area contributed by atoms with E-state index in [1.807, 2.05) is 13.8 Å².